The second-order valence-electron chi connectivity index (χ2n) is 4.26. The molecular weight excluding hydrogens is 206 g/mol. The molecule has 1 fully saturated rings. The van der Waals surface area contributed by atoms with Gasteiger partial charge in [0.1, 0.15) is 0 Å². The fourth-order valence-corrected chi connectivity index (χ4v) is 1.68. The van der Waals surface area contributed by atoms with E-state index < -0.39 is 0 Å². The molecule has 2 rings (SSSR count). The third kappa shape index (κ3) is 3.28. The van der Waals surface area contributed by atoms with Crippen molar-refractivity contribution in [1.82, 2.24) is 10.1 Å². The molecule has 1 aliphatic rings. The molecular formula is C11H19N3O2. The Labute approximate surface area is 95.3 Å². The second kappa shape index (κ2) is 5.41. The van der Waals surface area contributed by atoms with E-state index >= 15 is 0 Å². The number of hydrogen-bond donors (Lipinski definition) is 1. The zero-order chi connectivity index (χ0) is 11.4. The Morgan fingerprint density at radius 2 is 2.38 bits per heavy atom. The molecule has 0 aliphatic heterocycles. The summed E-state index contributed by atoms with van der Waals surface area (Å²) in [5.41, 5.74) is 5.99. The molecule has 5 nitrogen and oxygen atoms in total. The van der Waals surface area contributed by atoms with Crippen LogP contribution in [0.4, 0.5) is 0 Å². The van der Waals surface area contributed by atoms with Crippen molar-refractivity contribution >= 4 is 0 Å². The van der Waals surface area contributed by atoms with Crippen LogP contribution in [0.2, 0.25) is 0 Å². The molecule has 90 valence electrons. The van der Waals surface area contributed by atoms with Crippen LogP contribution in [0.15, 0.2) is 4.52 Å². The van der Waals surface area contributed by atoms with Gasteiger partial charge in [-0.15, -0.1) is 0 Å². The van der Waals surface area contributed by atoms with E-state index in [1.807, 2.05) is 6.92 Å². The summed E-state index contributed by atoms with van der Waals surface area (Å²) in [7, 11) is 0. The summed E-state index contributed by atoms with van der Waals surface area (Å²) < 4.78 is 10.4. The molecule has 0 aromatic carbocycles. The first-order chi connectivity index (χ1) is 7.79. The average molecular weight is 225 g/mol. The van der Waals surface area contributed by atoms with Crippen molar-refractivity contribution in [1.29, 1.82) is 0 Å². The molecule has 1 aromatic heterocycles. The highest BCUT2D eigenvalue weighted by atomic mass is 16.5. The van der Waals surface area contributed by atoms with E-state index in [2.05, 4.69) is 10.1 Å². The number of nitrogens with zero attached hydrogens (tertiary/aromatic N) is 2. The summed E-state index contributed by atoms with van der Waals surface area (Å²) in [5.74, 6) is 2.04. The lowest BCUT2D eigenvalue weighted by Crippen LogP contribution is -2.25. The van der Waals surface area contributed by atoms with Crippen LogP contribution in [0.3, 0.4) is 0 Å². The van der Waals surface area contributed by atoms with E-state index in [-0.39, 0.29) is 6.04 Å². The Morgan fingerprint density at radius 1 is 1.56 bits per heavy atom. The summed E-state index contributed by atoms with van der Waals surface area (Å²) in [6.07, 6.45) is 3.89. The van der Waals surface area contributed by atoms with Gasteiger partial charge in [-0.2, -0.15) is 4.98 Å². The highest BCUT2D eigenvalue weighted by Crippen LogP contribution is 2.32. The zero-order valence-corrected chi connectivity index (χ0v) is 9.69. The second-order valence-corrected chi connectivity index (χ2v) is 4.26. The fourth-order valence-electron chi connectivity index (χ4n) is 1.68. The normalized spacial score (nSPS) is 17.6. The third-order valence-corrected chi connectivity index (χ3v) is 2.82. The quantitative estimate of drug-likeness (QED) is 0.699. The molecule has 1 aromatic rings. The van der Waals surface area contributed by atoms with Gasteiger partial charge in [-0.05, 0) is 25.7 Å². The minimum absolute atomic E-state index is 0.181. The van der Waals surface area contributed by atoms with Crippen LogP contribution in [0, 0.1) is 5.92 Å². The lowest BCUT2D eigenvalue weighted by Gasteiger charge is -2.04. The standard InChI is InChI=1S/C11H19N3O2/c1-2-15-6-5-10-13-11(16-14-10)7-9(12)8-3-4-8/h8-9H,2-7,12H2,1H3. The van der Waals surface area contributed by atoms with Crippen LogP contribution in [0.5, 0.6) is 0 Å². The summed E-state index contributed by atoms with van der Waals surface area (Å²) in [6.45, 7) is 3.33. The molecule has 0 radical (unpaired) electrons. The van der Waals surface area contributed by atoms with Gasteiger partial charge in [0.25, 0.3) is 0 Å². The van der Waals surface area contributed by atoms with Gasteiger partial charge in [0, 0.05) is 25.5 Å². The summed E-state index contributed by atoms with van der Waals surface area (Å²) in [4.78, 5) is 4.29. The van der Waals surface area contributed by atoms with E-state index in [0.717, 1.165) is 6.61 Å². The van der Waals surface area contributed by atoms with Crippen molar-refractivity contribution in [2.75, 3.05) is 13.2 Å². The number of hydrogen-bond acceptors (Lipinski definition) is 5. The van der Waals surface area contributed by atoms with E-state index in [1.165, 1.54) is 12.8 Å². The largest absolute Gasteiger partial charge is 0.381 e. The zero-order valence-electron chi connectivity index (χ0n) is 9.69. The lowest BCUT2D eigenvalue weighted by molar-refractivity contribution is 0.149. The van der Waals surface area contributed by atoms with Crippen molar-refractivity contribution in [3.05, 3.63) is 11.7 Å². The maximum absolute atomic E-state index is 5.99. The topological polar surface area (TPSA) is 74.2 Å². The summed E-state index contributed by atoms with van der Waals surface area (Å²) in [6, 6.07) is 0.181. The molecule has 1 atom stereocenters. The van der Waals surface area contributed by atoms with Gasteiger partial charge in [-0.3, -0.25) is 0 Å². The molecule has 16 heavy (non-hydrogen) atoms. The van der Waals surface area contributed by atoms with E-state index in [0.29, 0.717) is 37.1 Å². The lowest BCUT2D eigenvalue weighted by atomic mass is 10.1. The Balaban J connectivity index is 1.77. The van der Waals surface area contributed by atoms with Crippen LogP contribution in [-0.4, -0.2) is 29.4 Å². The Kier molecular flexibility index (Phi) is 3.90. The van der Waals surface area contributed by atoms with Crippen LogP contribution in [0.1, 0.15) is 31.5 Å². The van der Waals surface area contributed by atoms with E-state index in [1.54, 1.807) is 0 Å². The van der Waals surface area contributed by atoms with E-state index in [4.69, 9.17) is 15.0 Å². The highest BCUT2D eigenvalue weighted by Gasteiger charge is 2.29. The number of rotatable bonds is 7. The number of ether oxygens (including phenoxy) is 1. The smallest absolute Gasteiger partial charge is 0.228 e. The SMILES string of the molecule is CCOCCc1noc(CC(N)C2CC2)n1. The number of aromatic nitrogens is 2. The molecule has 2 N–H and O–H groups in total. The van der Waals surface area contributed by atoms with E-state index in [9.17, 15) is 0 Å². The molecule has 0 saturated heterocycles. The molecule has 0 spiro atoms. The average Bonchev–Trinajstić information content (AvgIpc) is 3.03. The predicted molar refractivity (Wildman–Crippen MR) is 58.9 cm³/mol. The van der Waals surface area contributed by atoms with Gasteiger partial charge in [0.05, 0.1) is 6.61 Å². The highest BCUT2D eigenvalue weighted by molar-refractivity contribution is 4.93. The van der Waals surface area contributed by atoms with Crippen LogP contribution >= 0.6 is 0 Å². The monoisotopic (exact) mass is 225 g/mol. The van der Waals surface area contributed by atoms with Gasteiger partial charge in [0.15, 0.2) is 5.82 Å². The molecule has 1 unspecified atom stereocenters. The van der Waals surface area contributed by atoms with Crippen LogP contribution in [0.25, 0.3) is 0 Å². The van der Waals surface area contributed by atoms with Crippen molar-refractivity contribution in [2.24, 2.45) is 11.7 Å². The minimum Gasteiger partial charge on any atom is -0.381 e. The molecule has 0 amide bonds. The molecule has 5 heteroatoms. The van der Waals surface area contributed by atoms with Crippen LogP contribution < -0.4 is 5.73 Å². The van der Waals surface area contributed by atoms with Crippen molar-refractivity contribution < 1.29 is 9.26 Å². The summed E-state index contributed by atoms with van der Waals surface area (Å²) in [5, 5.41) is 3.90. The first-order valence-corrected chi connectivity index (χ1v) is 5.94. The van der Waals surface area contributed by atoms with Crippen molar-refractivity contribution in [2.45, 2.75) is 38.6 Å². The Hall–Kier alpha value is -0.940. The van der Waals surface area contributed by atoms with Crippen LogP contribution in [-0.2, 0) is 17.6 Å². The first kappa shape index (κ1) is 11.5. The fraction of sp³-hybridized carbons (Fsp3) is 0.818. The van der Waals surface area contributed by atoms with Gasteiger partial charge < -0.3 is 15.0 Å². The van der Waals surface area contributed by atoms with Gasteiger partial charge in [-0.25, -0.2) is 0 Å². The Morgan fingerprint density at radius 3 is 3.06 bits per heavy atom. The maximum atomic E-state index is 5.99. The third-order valence-electron chi connectivity index (χ3n) is 2.82. The first-order valence-electron chi connectivity index (χ1n) is 5.94. The molecule has 1 saturated carbocycles. The van der Waals surface area contributed by atoms with Gasteiger partial charge in [-0.1, -0.05) is 5.16 Å². The van der Waals surface area contributed by atoms with Crippen molar-refractivity contribution in [3.63, 3.8) is 0 Å². The molecule has 1 aliphatic carbocycles. The molecule has 0 bridgehead atoms. The maximum Gasteiger partial charge on any atom is 0.228 e. The Bertz CT molecular complexity index is 323. The predicted octanol–water partition coefficient (Wildman–Crippen LogP) is 0.928. The minimum atomic E-state index is 0.181. The van der Waals surface area contributed by atoms with Crippen molar-refractivity contribution in [3.8, 4) is 0 Å². The number of nitrogens with two attached hydrogens (primary N) is 1. The molecule has 1 heterocycles. The van der Waals surface area contributed by atoms with Gasteiger partial charge >= 0.3 is 0 Å². The van der Waals surface area contributed by atoms with Gasteiger partial charge in [0.2, 0.25) is 5.89 Å². The summed E-state index contributed by atoms with van der Waals surface area (Å²) >= 11 is 0.